The van der Waals surface area contributed by atoms with Gasteiger partial charge in [0.15, 0.2) is 5.60 Å². The second-order valence-corrected chi connectivity index (χ2v) is 12.9. The van der Waals surface area contributed by atoms with Gasteiger partial charge in [-0.25, -0.2) is 0 Å². The van der Waals surface area contributed by atoms with Crippen molar-refractivity contribution in [2.75, 3.05) is 6.61 Å². The van der Waals surface area contributed by atoms with Crippen molar-refractivity contribution in [1.82, 2.24) is 0 Å². The van der Waals surface area contributed by atoms with Gasteiger partial charge in [-0.1, -0.05) is 57.2 Å². The van der Waals surface area contributed by atoms with E-state index in [9.17, 15) is 19.2 Å². The summed E-state index contributed by atoms with van der Waals surface area (Å²) in [4.78, 5) is 52.9. The van der Waals surface area contributed by atoms with Crippen LogP contribution in [0.25, 0.3) is 0 Å². The largest absolute Gasteiger partial charge is 0.461 e. The molecule has 1 aromatic rings. The van der Waals surface area contributed by atoms with Crippen LogP contribution in [0.1, 0.15) is 66.4 Å². The predicted molar refractivity (Wildman–Crippen MR) is 145 cm³/mol. The number of carbonyl (C=O) groups excluding carboxylic acids is 4. The molecule has 8 nitrogen and oxygen atoms in total. The number of rotatable bonds is 5. The van der Waals surface area contributed by atoms with Crippen LogP contribution in [0.15, 0.2) is 42.0 Å². The van der Waals surface area contributed by atoms with Crippen molar-refractivity contribution in [1.29, 1.82) is 0 Å². The molecule has 3 aliphatic carbocycles. The average Bonchev–Trinajstić information content (AvgIpc) is 3.73. The van der Waals surface area contributed by atoms with E-state index >= 15 is 0 Å². The summed E-state index contributed by atoms with van der Waals surface area (Å²) in [6.45, 7) is 11.0. The summed E-state index contributed by atoms with van der Waals surface area (Å²) in [7, 11) is 0. The van der Waals surface area contributed by atoms with E-state index in [4.69, 9.17) is 18.9 Å². The van der Waals surface area contributed by atoms with E-state index in [1.165, 1.54) is 13.8 Å². The fourth-order valence-corrected chi connectivity index (χ4v) is 7.55. The van der Waals surface area contributed by atoms with Crippen LogP contribution in [0.3, 0.4) is 0 Å². The Morgan fingerprint density at radius 1 is 1.05 bits per heavy atom. The first-order chi connectivity index (χ1) is 18.8. The van der Waals surface area contributed by atoms with E-state index in [1.807, 2.05) is 43.3 Å². The van der Waals surface area contributed by atoms with Crippen molar-refractivity contribution in [2.45, 2.75) is 90.6 Å². The Kier molecular flexibility index (Phi) is 7.22. The molecule has 0 bridgehead atoms. The number of fused-ring (bicyclic) bond motifs is 2. The molecule has 1 aromatic carbocycles. The zero-order valence-electron chi connectivity index (χ0n) is 24.2. The number of benzene rings is 1. The highest BCUT2D eigenvalue weighted by Gasteiger charge is 2.71. The molecule has 1 saturated heterocycles. The van der Waals surface area contributed by atoms with Crippen LogP contribution < -0.4 is 0 Å². The van der Waals surface area contributed by atoms with Crippen molar-refractivity contribution < 1.29 is 38.1 Å². The zero-order chi connectivity index (χ0) is 29.0. The zero-order valence-corrected chi connectivity index (χ0v) is 24.2. The highest BCUT2D eigenvalue weighted by atomic mass is 16.6. The molecule has 216 valence electrons. The van der Waals surface area contributed by atoms with E-state index in [0.29, 0.717) is 24.5 Å². The van der Waals surface area contributed by atoms with E-state index in [0.717, 1.165) is 12.0 Å². The molecule has 40 heavy (non-hydrogen) atoms. The van der Waals surface area contributed by atoms with Gasteiger partial charge >= 0.3 is 17.9 Å². The maximum atomic E-state index is 14.5. The Hall–Kier alpha value is -3.00. The number of allylic oxidation sites excluding steroid dienone is 1. The molecule has 0 radical (unpaired) electrons. The Morgan fingerprint density at radius 3 is 2.33 bits per heavy atom. The topological polar surface area (TPSA) is 108 Å². The lowest BCUT2D eigenvalue weighted by atomic mass is 9.74. The molecule has 3 fully saturated rings. The molecule has 1 spiro atoms. The Bertz CT molecular complexity index is 1230. The fourth-order valence-electron chi connectivity index (χ4n) is 7.55. The molecular formula is C32H40O8. The number of esters is 3. The smallest absolute Gasteiger partial charge is 0.310 e. The highest BCUT2D eigenvalue weighted by molar-refractivity contribution is 6.03. The molecule has 1 heterocycles. The number of ketones is 1. The molecule has 0 unspecified atom stereocenters. The second-order valence-electron chi connectivity index (χ2n) is 12.9. The Labute approximate surface area is 235 Å². The maximum absolute atomic E-state index is 14.5. The van der Waals surface area contributed by atoms with Gasteiger partial charge in [-0.05, 0) is 54.1 Å². The van der Waals surface area contributed by atoms with E-state index in [-0.39, 0.29) is 35.9 Å². The minimum atomic E-state index is -1.68. The van der Waals surface area contributed by atoms with Gasteiger partial charge in [0.25, 0.3) is 0 Å². The first-order valence-corrected chi connectivity index (χ1v) is 14.3. The van der Waals surface area contributed by atoms with Crippen molar-refractivity contribution in [3.05, 3.63) is 47.5 Å². The lowest BCUT2D eigenvalue weighted by Crippen LogP contribution is -2.58. The minimum Gasteiger partial charge on any atom is -0.461 e. The van der Waals surface area contributed by atoms with Crippen LogP contribution in [0.5, 0.6) is 0 Å². The molecule has 2 saturated carbocycles. The van der Waals surface area contributed by atoms with Crippen LogP contribution in [0, 0.1) is 29.1 Å². The number of hydrogen-bond donors (Lipinski definition) is 0. The predicted octanol–water partition coefficient (Wildman–Crippen LogP) is 4.38. The lowest BCUT2D eigenvalue weighted by molar-refractivity contribution is -0.190. The number of epoxide rings is 1. The van der Waals surface area contributed by atoms with Crippen LogP contribution in [0.4, 0.5) is 0 Å². The number of Topliss-reactive ketones (excluding diaryl/α,β-unsaturated/α-hetero) is 1. The standard InChI is InChI=1S/C32H40O8/c1-18-14-24-23(30(24,5)6)12-13-31(17-37-31)29(38-20(3)33)26-27(39-25(35)15-22-10-8-7-9-11-22)19(2)16-32(26,28(18)36)40-21(4)34/h7-11,14,19,23-24,26-27,29H,12-13,15-17H2,1-6H3/t19-,23+,24-,26+,27-,29-,31-,32-/m1/s1. The molecule has 0 amide bonds. The molecule has 0 aromatic heterocycles. The number of ether oxygens (including phenoxy) is 4. The van der Waals surface area contributed by atoms with Crippen LogP contribution in [-0.4, -0.2) is 53.7 Å². The molecule has 8 atom stereocenters. The van der Waals surface area contributed by atoms with Gasteiger partial charge in [0.2, 0.25) is 5.78 Å². The SMILES string of the molecule is CC(=O)O[C@@H]1[C@@H]2[C@H](OC(=O)Cc3ccccc3)[C@H](C)C[C@]2(OC(C)=O)C(=O)C(C)=C[C@@H]2[C@H](CC[C@@]13CO3)C2(C)C. The molecular weight excluding hydrogens is 512 g/mol. The fraction of sp³-hybridized carbons (Fsp3) is 0.625. The quantitative estimate of drug-likeness (QED) is 0.301. The third kappa shape index (κ3) is 5.00. The minimum absolute atomic E-state index is 0.0141. The molecule has 4 aliphatic rings. The van der Waals surface area contributed by atoms with Gasteiger partial charge in [0.1, 0.15) is 17.8 Å². The van der Waals surface area contributed by atoms with Crippen LogP contribution in [0.2, 0.25) is 0 Å². The normalized spacial score (nSPS) is 37.8. The summed E-state index contributed by atoms with van der Waals surface area (Å²) in [5.74, 6) is -2.72. The highest BCUT2D eigenvalue weighted by Crippen LogP contribution is 2.64. The second kappa shape index (κ2) is 10.1. The Morgan fingerprint density at radius 2 is 1.73 bits per heavy atom. The summed E-state index contributed by atoms with van der Waals surface area (Å²) in [5, 5.41) is 0. The summed E-state index contributed by atoms with van der Waals surface area (Å²) >= 11 is 0. The van der Waals surface area contributed by atoms with Crippen molar-refractivity contribution in [2.24, 2.45) is 29.1 Å². The number of hydrogen-bond acceptors (Lipinski definition) is 8. The monoisotopic (exact) mass is 552 g/mol. The summed E-state index contributed by atoms with van der Waals surface area (Å²) in [6, 6.07) is 9.25. The van der Waals surface area contributed by atoms with Crippen molar-refractivity contribution in [3.8, 4) is 0 Å². The summed E-state index contributed by atoms with van der Waals surface area (Å²) in [6.07, 6.45) is 1.85. The molecule has 0 N–H and O–H groups in total. The van der Waals surface area contributed by atoms with E-state index in [2.05, 4.69) is 13.8 Å². The van der Waals surface area contributed by atoms with Gasteiger partial charge in [-0.3, -0.25) is 19.2 Å². The van der Waals surface area contributed by atoms with Crippen LogP contribution in [-0.2, 0) is 44.5 Å². The van der Waals surface area contributed by atoms with Crippen LogP contribution >= 0.6 is 0 Å². The van der Waals surface area contributed by atoms with Gasteiger partial charge in [-0.15, -0.1) is 0 Å². The summed E-state index contributed by atoms with van der Waals surface area (Å²) < 4.78 is 24.2. The number of carbonyl (C=O) groups is 4. The van der Waals surface area contributed by atoms with Gasteiger partial charge in [-0.2, -0.15) is 0 Å². The van der Waals surface area contributed by atoms with Gasteiger partial charge in [0.05, 0.1) is 18.9 Å². The van der Waals surface area contributed by atoms with Gasteiger partial charge < -0.3 is 18.9 Å². The van der Waals surface area contributed by atoms with E-state index in [1.54, 1.807) is 6.92 Å². The summed E-state index contributed by atoms with van der Waals surface area (Å²) in [5.41, 5.74) is -1.22. The first-order valence-electron chi connectivity index (χ1n) is 14.3. The average molecular weight is 553 g/mol. The van der Waals surface area contributed by atoms with Crippen molar-refractivity contribution in [3.63, 3.8) is 0 Å². The molecule has 5 rings (SSSR count). The molecule has 1 aliphatic heterocycles. The third-order valence-corrected chi connectivity index (χ3v) is 9.71. The lowest BCUT2D eigenvalue weighted by Gasteiger charge is -2.41. The maximum Gasteiger partial charge on any atom is 0.310 e. The third-order valence-electron chi connectivity index (χ3n) is 9.71. The molecule has 8 heteroatoms. The van der Waals surface area contributed by atoms with Crippen molar-refractivity contribution >= 4 is 23.7 Å². The van der Waals surface area contributed by atoms with E-state index < -0.39 is 47.2 Å². The van der Waals surface area contributed by atoms with Gasteiger partial charge in [0, 0.05) is 20.3 Å². The first kappa shape index (κ1) is 28.5. The Balaban J connectivity index is 1.61.